The third-order valence-electron chi connectivity index (χ3n) is 2.70. The van der Waals surface area contributed by atoms with Crippen LogP contribution in [0.2, 0.25) is 0 Å². The first-order chi connectivity index (χ1) is 8.17. The Balaban J connectivity index is 2.46. The fourth-order valence-electron chi connectivity index (χ4n) is 1.56. The Kier molecular flexibility index (Phi) is 6.22. The van der Waals surface area contributed by atoms with Crippen molar-refractivity contribution in [2.45, 2.75) is 19.9 Å². The highest BCUT2D eigenvalue weighted by Gasteiger charge is 2.06. The number of ether oxygens (including phenoxy) is 1. The first-order valence-corrected chi connectivity index (χ1v) is 7.38. The highest BCUT2D eigenvalue weighted by atomic mass is 32.2. The van der Waals surface area contributed by atoms with Crippen molar-refractivity contribution in [3.8, 4) is 5.75 Å². The lowest BCUT2D eigenvalue weighted by Gasteiger charge is -2.14. The molecule has 0 aliphatic carbocycles. The summed E-state index contributed by atoms with van der Waals surface area (Å²) >= 11 is 0. The lowest BCUT2D eigenvalue weighted by Crippen LogP contribution is -2.24. The third kappa shape index (κ3) is 4.88. The van der Waals surface area contributed by atoms with E-state index in [9.17, 15) is 4.21 Å². The Labute approximate surface area is 106 Å². The van der Waals surface area contributed by atoms with Gasteiger partial charge in [-0.2, -0.15) is 0 Å². The molecule has 0 aliphatic heterocycles. The largest absolute Gasteiger partial charge is 0.497 e. The van der Waals surface area contributed by atoms with Gasteiger partial charge >= 0.3 is 0 Å². The lowest BCUT2D eigenvalue weighted by atomic mass is 10.1. The average Bonchev–Trinajstić information content (AvgIpc) is 2.38. The van der Waals surface area contributed by atoms with Gasteiger partial charge in [-0.25, -0.2) is 0 Å². The monoisotopic (exact) mass is 255 g/mol. The van der Waals surface area contributed by atoms with E-state index in [4.69, 9.17) is 4.74 Å². The van der Waals surface area contributed by atoms with Gasteiger partial charge in [-0.3, -0.25) is 4.21 Å². The number of hydrogen-bond donors (Lipinski definition) is 1. The second kappa shape index (κ2) is 7.45. The van der Waals surface area contributed by atoms with E-state index in [2.05, 4.69) is 18.3 Å². The number of methoxy groups -OCH3 is 1. The Morgan fingerprint density at radius 2 is 2.24 bits per heavy atom. The van der Waals surface area contributed by atoms with E-state index in [1.165, 1.54) is 5.56 Å². The molecule has 0 saturated heterocycles. The maximum Gasteiger partial charge on any atom is 0.119 e. The van der Waals surface area contributed by atoms with Crippen LogP contribution in [0.1, 0.15) is 25.5 Å². The zero-order valence-corrected chi connectivity index (χ0v) is 11.5. The highest BCUT2D eigenvalue weighted by molar-refractivity contribution is 7.84. The van der Waals surface area contributed by atoms with Crippen LogP contribution in [0.5, 0.6) is 5.75 Å². The van der Waals surface area contributed by atoms with Gasteiger partial charge in [-0.15, -0.1) is 0 Å². The second-order valence-corrected chi connectivity index (χ2v) is 5.75. The molecule has 0 aromatic heterocycles. The lowest BCUT2D eigenvalue weighted by molar-refractivity contribution is 0.413. The maximum atomic E-state index is 11.3. The van der Waals surface area contributed by atoms with Crippen molar-refractivity contribution in [1.82, 2.24) is 5.32 Å². The molecular weight excluding hydrogens is 234 g/mol. The minimum absolute atomic E-state index is 0.249. The predicted octanol–water partition coefficient (Wildman–Crippen LogP) is 2.11. The van der Waals surface area contributed by atoms with Gasteiger partial charge in [0.15, 0.2) is 0 Å². The molecule has 0 amide bonds. The second-order valence-electron chi connectivity index (χ2n) is 3.89. The molecule has 1 aromatic carbocycles. The first kappa shape index (κ1) is 14.2. The van der Waals surface area contributed by atoms with Gasteiger partial charge in [0.2, 0.25) is 0 Å². The molecule has 2 unspecified atom stereocenters. The van der Waals surface area contributed by atoms with E-state index in [0.29, 0.717) is 5.75 Å². The molecule has 0 heterocycles. The molecule has 3 nitrogen and oxygen atoms in total. The number of nitrogens with one attached hydrogen (secondary N) is 1. The van der Waals surface area contributed by atoms with E-state index >= 15 is 0 Å². The minimum atomic E-state index is -0.693. The molecule has 96 valence electrons. The van der Waals surface area contributed by atoms with Crippen LogP contribution >= 0.6 is 0 Å². The Hall–Kier alpha value is -0.870. The molecule has 0 spiro atoms. The van der Waals surface area contributed by atoms with Gasteiger partial charge in [-0.1, -0.05) is 19.1 Å². The minimum Gasteiger partial charge on any atom is -0.497 e. The van der Waals surface area contributed by atoms with Gasteiger partial charge in [0.1, 0.15) is 5.75 Å². The molecule has 0 aliphatic rings. The van der Waals surface area contributed by atoms with E-state index in [0.717, 1.165) is 18.0 Å². The number of benzene rings is 1. The Morgan fingerprint density at radius 3 is 2.88 bits per heavy atom. The first-order valence-electron chi connectivity index (χ1n) is 5.89. The van der Waals surface area contributed by atoms with Crippen LogP contribution in [-0.2, 0) is 10.8 Å². The van der Waals surface area contributed by atoms with Crippen molar-refractivity contribution < 1.29 is 8.95 Å². The zero-order valence-electron chi connectivity index (χ0n) is 10.7. The van der Waals surface area contributed by atoms with E-state index in [1.807, 2.05) is 25.1 Å². The zero-order chi connectivity index (χ0) is 12.7. The van der Waals surface area contributed by atoms with Gasteiger partial charge in [0.05, 0.1) is 7.11 Å². The van der Waals surface area contributed by atoms with Crippen LogP contribution in [0.15, 0.2) is 24.3 Å². The molecule has 1 aromatic rings. The van der Waals surface area contributed by atoms with Crippen molar-refractivity contribution >= 4 is 10.8 Å². The molecule has 0 fully saturated rings. The summed E-state index contributed by atoms with van der Waals surface area (Å²) < 4.78 is 16.5. The summed E-state index contributed by atoms with van der Waals surface area (Å²) in [6.07, 6.45) is 0. The maximum absolute atomic E-state index is 11.3. The average molecular weight is 255 g/mol. The van der Waals surface area contributed by atoms with Gasteiger partial charge in [0.25, 0.3) is 0 Å². The van der Waals surface area contributed by atoms with Crippen LogP contribution in [0.4, 0.5) is 0 Å². The molecule has 0 radical (unpaired) electrons. The molecule has 1 N–H and O–H groups in total. The highest BCUT2D eigenvalue weighted by Crippen LogP contribution is 2.18. The van der Waals surface area contributed by atoms with Crippen LogP contribution in [0.25, 0.3) is 0 Å². The summed E-state index contributed by atoms with van der Waals surface area (Å²) in [7, 11) is 0.975. The number of rotatable bonds is 7. The molecule has 2 atom stereocenters. The molecule has 17 heavy (non-hydrogen) atoms. The van der Waals surface area contributed by atoms with Crippen molar-refractivity contribution in [2.75, 3.05) is 25.2 Å². The SMILES string of the molecule is CCS(=O)CCNC(C)c1cccc(OC)c1. The van der Waals surface area contributed by atoms with Gasteiger partial charge in [0, 0.05) is 34.9 Å². The standard InChI is InChI=1S/C13H21NO2S/c1-4-17(15)9-8-14-11(2)12-6-5-7-13(10-12)16-3/h5-7,10-11,14H,4,8-9H2,1-3H3. The molecule has 1 rings (SSSR count). The van der Waals surface area contributed by atoms with E-state index in [1.54, 1.807) is 7.11 Å². The Bertz CT molecular complexity index is 368. The van der Waals surface area contributed by atoms with Crippen molar-refractivity contribution in [3.05, 3.63) is 29.8 Å². The summed E-state index contributed by atoms with van der Waals surface area (Å²) in [5.74, 6) is 2.31. The van der Waals surface area contributed by atoms with Crippen molar-refractivity contribution in [3.63, 3.8) is 0 Å². The van der Waals surface area contributed by atoms with E-state index in [-0.39, 0.29) is 6.04 Å². The van der Waals surface area contributed by atoms with E-state index < -0.39 is 10.8 Å². The van der Waals surface area contributed by atoms with Crippen molar-refractivity contribution in [2.24, 2.45) is 0 Å². The van der Waals surface area contributed by atoms with Gasteiger partial charge in [-0.05, 0) is 24.6 Å². The summed E-state index contributed by atoms with van der Waals surface area (Å²) in [6.45, 7) is 4.82. The fraction of sp³-hybridized carbons (Fsp3) is 0.538. The van der Waals surface area contributed by atoms with Crippen LogP contribution < -0.4 is 10.1 Å². The molecule has 4 heteroatoms. The summed E-state index contributed by atoms with van der Waals surface area (Å²) in [6, 6.07) is 8.25. The van der Waals surface area contributed by atoms with Crippen LogP contribution in [0, 0.1) is 0 Å². The quantitative estimate of drug-likeness (QED) is 0.811. The van der Waals surface area contributed by atoms with Crippen LogP contribution in [0.3, 0.4) is 0 Å². The number of hydrogen-bond acceptors (Lipinski definition) is 3. The topological polar surface area (TPSA) is 38.3 Å². The molecular formula is C13H21NO2S. The Morgan fingerprint density at radius 1 is 1.47 bits per heavy atom. The van der Waals surface area contributed by atoms with Gasteiger partial charge < -0.3 is 10.1 Å². The van der Waals surface area contributed by atoms with Crippen molar-refractivity contribution in [1.29, 1.82) is 0 Å². The fourth-order valence-corrected chi connectivity index (χ4v) is 2.20. The summed E-state index contributed by atoms with van der Waals surface area (Å²) in [5.41, 5.74) is 1.19. The summed E-state index contributed by atoms with van der Waals surface area (Å²) in [4.78, 5) is 0. The molecule has 0 saturated carbocycles. The normalized spacial score (nSPS) is 14.3. The smallest absolute Gasteiger partial charge is 0.119 e. The molecule has 0 bridgehead atoms. The summed E-state index contributed by atoms with van der Waals surface area (Å²) in [5, 5.41) is 3.37. The third-order valence-corrected chi connectivity index (χ3v) is 4.00. The van der Waals surface area contributed by atoms with Crippen LogP contribution in [-0.4, -0.2) is 29.4 Å². The predicted molar refractivity (Wildman–Crippen MR) is 73.0 cm³/mol.